The molecule has 6 heteroatoms. The van der Waals surface area contributed by atoms with E-state index in [1.54, 1.807) is 0 Å². The molecule has 1 nitrogen and oxygen atoms in total. The third-order valence-electron chi connectivity index (χ3n) is 3.76. The number of Topliss-reactive ketones (excluding diaryl/α,β-unsaturated/α-hetero) is 1. The van der Waals surface area contributed by atoms with Gasteiger partial charge in [-0.15, -0.1) is 0 Å². The molecule has 0 spiro atoms. The van der Waals surface area contributed by atoms with Crippen molar-refractivity contribution in [3.05, 3.63) is 34.6 Å². The van der Waals surface area contributed by atoms with Gasteiger partial charge < -0.3 is 0 Å². The first-order valence-corrected chi connectivity index (χ1v) is 6.73. The van der Waals surface area contributed by atoms with Gasteiger partial charge in [-0.2, -0.15) is 13.2 Å². The fourth-order valence-corrected chi connectivity index (χ4v) is 2.75. The Bertz CT molecular complexity index is 504. The Hall–Kier alpha value is -1.10. The molecule has 0 unspecified atom stereocenters. The predicted molar refractivity (Wildman–Crippen MR) is 67.2 cm³/mol. The number of carbonyl (C=O) groups excluding carboxylic acids is 1. The molecule has 1 fully saturated rings. The van der Waals surface area contributed by atoms with Gasteiger partial charge in [0.25, 0.3) is 0 Å². The highest BCUT2D eigenvalue weighted by molar-refractivity contribution is 6.30. The van der Waals surface area contributed by atoms with Crippen molar-refractivity contribution in [1.82, 2.24) is 0 Å². The second-order valence-electron chi connectivity index (χ2n) is 5.08. The monoisotopic (exact) mass is 308 g/mol. The van der Waals surface area contributed by atoms with E-state index in [0.717, 1.165) is 6.07 Å². The van der Waals surface area contributed by atoms with Crippen molar-refractivity contribution in [2.75, 3.05) is 0 Å². The summed E-state index contributed by atoms with van der Waals surface area (Å²) in [5.41, 5.74) is -0.0927. The van der Waals surface area contributed by atoms with E-state index in [1.165, 1.54) is 12.1 Å². The Kier molecular flexibility index (Phi) is 4.37. The van der Waals surface area contributed by atoms with E-state index in [1.807, 2.05) is 0 Å². The van der Waals surface area contributed by atoms with Crippen molar-refractivity contribution in [3.63, 3.8) is 0 Å². The summed E-state index contributed by atoms with van der Waals surface area (Å²) in [4.78, 5) is 12.1. The summed E-state index contributed by atoms with van der Waals surface area (Å²) < 4.78 is 51.3. The number of rotatable bonds is 2. The van der Waals surface area contributed by atoms with E-state index in [0.29, 0.717) is 0 Å². The summed E-state index contributed by atoms with van der Waals surface area (Å²) in [6, 6.07) is 3.73. The number of carbonyl (C=O) groups is 1. The normalized spacial score (nSPS) is 23.6. The topological polar surface area (TPSA) is 17.1 Å². The second-order valence-corrected chi connectivity index (χ2v) is 5.52. The van der Waals surface area contributed by atoms with Gasteiger partial charge in [0.2, 0.25) is 0 Å². The summed E-state index contributed by atoms with van der Waals surface area (Å²) in [6.07, 6.45) is -4.07. The second kappa shape index (κ2) is 5.72. The molecule has 1 aliphatic carbocycles. The lowest BCUT2D eigenvalue weighted by atomic mass is 9.78. The first-order chi connectivity index (χ1) is 9.29. The minimum absolute atomic E-state index is 0.0743. The van der Waals surface area contributed by atoms with Crippen LogP contribution in [-0.2, 0) is 0 Å². The Morgan fingerprint density at radius 1 is 1.15 bits per heavy atom. The molecular weight excluding hydrogens is 296 g/mol. The van der Waals surface area contributed by atoms with Crippen molar-refractivity contribution in [2.24, 2.45) is 11.8 Å². The lowest BCUT2D eigenvalue weighted by Gasteiger charge is -2.29. The number of hydrogen-bond donors (Lipinski definition) is 0. The fourth-order valence-electron chi connectivity index (χ4n) is 2.59. The Morgan fingerprint density at radius 2 is 1.75 bits per heavy atom. The lowest BCUT2D eigenvalue weighted by Crippen LogP contribution is -2.30. The van der Waals surface area contributed by atoms with Crippen LogP contribution in [0.4, 0.5) is 17.6 Å². The van der Waals surface area contributed by atoms with Crippen molar-refractivity contribution < 1.29 is 22.4 Å². The number of benzene rings is 1. The highest BCUT2D eigenvalue weighted by atomic mass is 35.5. The molecule has 0 amide bonds. The molecule has 0 bridgehead atoms. The molecule has 0 atom stereocenters. The molecule has 1 saturated carbocycles. The zero-order chi connectivity index (χ0) is 14.9. The molecule has 110 valence electrons. The van der Waals surface area contributed by atoms with E-state index >= 15 is 0 Å². The molecule has 0 aromatic heterocycles. The maximum absolute atomic E-state index is 13.6. The molecular formula is C14H13ClF4O. The minimum Gasteiger partial charge on any atom is -0.294 e. The van der Waals surface area contributed by atoms with Crippen LogP contribution in [0.1, 0.15) is 36.0 Å². The Morgan fingerprint density at radius 3 is 2.25 bits per heavy atom. The first kappa shape index (κ1) is 15.3. The molecule has 0 N–H and O–H groups in total. The lowest BCUT2D eigenvalue weighted by molar-refractivity contribution is -0.183. The van der Waals surface area contributed by atoms with Gasteiger partial charge in [0, 0.05) is 10.9 Å². The van der Waals surface area contributed by atoms with Crippen LogP contribution in [0.2, 0.25) is 5.02 Å². The third kappa shape index (κ3) is 3.32. The van der Waals surface area contributed by atoms with Crippen LogP contribution in [0, 0.1) is 17.7 Å². The van der Waals surface area contributed by atoms with Crippen LogP contribution in [0.5, 0.6) is 0 Å². The van der Waals surface area contributed by atoms with Gasteiger partial charge in [-0.1, -0.05) is 11.6 Å². The predicted octanol–water partition coefficient (Wildman–Crippen LogP) is 5.03. The maximum atomic E-state index is 13.6. The Labute approximate surface area is 118 Å². The smallest absolute Gasteiger partial charge is 0.294 e. The van der Waals surface area contributed by atoms with Crippen LogP contribution < -0.4 is 0 Å². The molecule has 1 aromatic carbocycles. The highest BCUT2D eigenvalue weighted by Gasteiger charge is 2.42. The molecule has 0 radical (unpaired) electrons. The maximum Gasteiger partial charge on any atom is 0.391 e. The molecule has 1 aliphatic rings. The summed E-state index contributed by atoms with van der Waals surface area (Å²) in [5.74, 6) is -3.04. The minimum atomic E-state index is -4.21. The van der Waals surface area contributed by atoms with E-state index in [9.17, 15) is 22.4 Å². The van der Waals surface area contributed by atoms with E-state index in [2.05, 4.69) is 0 Å². The highest BCUT2D eigenvalue weighted by Crippen LogP contribution is 2.40. The number of halogens is 5. The summed E-state index contributed by atoms with van der Waals surface area (Å²) >= 11 is 5.60. The summed E-state index contributed by atoms with van der Waals surface area (Å²) in [5, 5.41) is 0.180. The fraction of sp³-hybridized carbons (Fsp3) is 0.500. The van der Waals surface area contributed by atoms with Gasteiger partial charge in [-0.05, 0) is 43.9 Å². The molecule has 0 heterocycles. The number of ketones is 1. The van der Waals surface area contributed by atoms with Gasteiger partial charge in [0.1, 0.15) is 5.82 Å². The molecule has 1 aromatic rings. The van der Waals surface area contributed by atoms with Crippen LogP contribution in [0.3, 0.4) is 0 Å². The number of alkyl halides is 3. The molecule has 0 saturated heterocycles. The first-order valence-electron chi connectivity index (χ1n) is 6.35. The van der Waals surface area contributed by atoms with Crippen LogP contribution >= 0.6 is 11.6 Å². The van der Waals surface area contributed by atoms with Gasteiger partial charge in [0.05, 0.1) is 11.5 Å². The summed E-state index contributed by atoms with van der Waals surface area (Å²) in [7, 11) is 0. The zero-order valence-electron chi connectivity index (χ0n) is 10.5. The Balaban J connectivity index is 2.05. The van der Waals surface area contributed by atoms with Crippen molar-refractivity contribution in [2.45, 2.75) is 31.9 Å². The van der Waals surface area contributed by atoms with E-state index in [4.69, 9.17) is 11.6 Å². The van der Waals surface area contributed by atoms with Crippen LogP contribution in [-0.4, -0.2) is 12.0 Å². The zero-order valence-corrected chi connectivity index (χ0v) is 11.3. The SMILES string of the molecule is O=C(c1ccc(Cl)cc1F)C1CCC(C(F)(F)F)CC1. The number of hydrogen-bond acceptors (Lipinski definition) is 1. The van der Waals surface area contributed by atoms with E-state index in [-0.39, 0.29) is 36.3 Å². The standard InChI is InChI=1S/C14H13ClF4O/c15-10-5-6-11(12(16)7-10)13(20)8-1-3-9(4-2-8)14(17,18)19/h5-9H,1-4H2. The average molecular weight is 309 g/mol. The van der Waals surface area contributed by atoms with Gasteiger partial charge in [-0.25, -0.2) is 4.39 Å². The van der Waals surface area contributed by atoms with Crippen molar-refractivity contribution >= 4 is 17.4 Å². The summed E-state index contributed by atoms with van der Waals surface area (Å²) in [6.45, 7) is 0. The van der Waals surface area contributed by atoms with Crippen LogP contribution in [0.25, 0.3) is 0 Å². The largest absolute Gasteiger partial charge is 0.391 e. The van der Waals surface area contributed by atoms with Gasteiger partial charge in [-0.3, -0.25) is 4.79 Å². The van der Waals surface area contributed by atoms with Crippen molar-refractivity contribution in [1.29, 1.82) is 0 Å². The third-order valence-corrected chi connectivity index (χ3v) is 3.99. The van der Waals surface area contributed by atoms with Crippen molar-refractivity contribution in [3.8, 4) is 0 Å². The van der Waals surface area contributed by atoms with Gasteiger partial charge >= 0.3 is 6.18 Å². The molecule has 20 heavy (non-hydrogen) atoms. The quantitative estimate of drug-likeness (QED) is 0.553. The average Bonchev–Trinajstić information content (AvgIpc) is 2.37. The molecule has 0 aliphatic heterocycles. The van der Waals surface area contributed by atoms with Gasteiger partial charge in [0.15, 0.2) is 5.78 Å². The van der Waals surface area contributed by atoms with E-state index < -0.39 is 29.6 Å². The van der Waals surface area contributed by atoms with Crippen LogP contribution in [0.15, 0.2) is 18.2 Å². The molecule has 2 rings (SSSR count).